The molecule has 0 radical (unpaired) electrons. The molecule has 2 N–H and O–H groups in total. The van der Waals surface area contributed by atoms with E-state index in [0.29, 0.717) is 32.2 Å². The zero-order chi connectivity index (χ0) is 20.5. The van der Waals surface area contributed by atoms with Crippen molar-refractivity contribution in [2.24, 2.45) is 4.99 Å². The molecule has 154 valence electrons. The Morgan fingerprint density at radius 2 is 1.81 bits per heavy atom. The van der Waals surface area contributed by atoms with Gasteiger partial charge in [0.2, 0.25) is 10.0 Å². The standard InChI is InChI=1S/C18H32N4O4S/c1-7-19-17(20-14-18(2,3)21-27(6,23)24)22(4)12-13-26-16-10-8-15(25-5)9-11-16/h8-11,21H,7,12-14H2,1-6H3,(H,19,20). The van der Waals surface area contributed by atoms with Crippen molar-refractivity contribution >= 4 is 16.0 Å². The van der Waals surface area contributed by atoms with Gasteiger partial charge in [0.25, 0.3) is 0 Å². The molecule has 0 saturated heterocycles. The van der Waals surface area contributed by atoms with E-state index >= 15 is 0 Å². The number of methoxy groups -OCH3 is 1. The summed E-state index contributed by atoms with van der Waals surface area (Å²) in [4.78, 5) is 6.50. The fourth-order valence-corrected chi connectivity index (χ4v) is 3.42. The fourth-order valence-electron chi connectivity index (χ4n) is 2.35. The first kappa shape index (κ1) is 23.0. The molecule has 27 heavy (non-hydrogen) atoms. The molecule has 1 aromatic rings. The molecule has 0 heterocycles. The number of hydrogen-bond acceptors (Lipinski definition) is 5. The number of ether oxygens (including phenoxy) is 2. The van der Waals surface area contributed by atoms with Crippen molar-refractivity contribution in [3.8, 4) is 11.5 Å². The van der Waals surface area contributed by atoms with E-state index < -0.39 is 15.6 Å². The van der Waals surface area contributed by atoms with Crippen LogP contribution < -0.4 is 19.5 Å². The molecule has 8 nitrogen and oxygen atoms in total. The van der Waals surface area contributed by atoms with Crippen molar-refractivity contribution in [2.75, 3.05) is 46.7 Å². The highest BCUT2D eigenvalue weighted by Crippen LogP contribution is 2.16. The van der Waals surface area contributed by atoms with E-state index in [0.717, 1.165) is 17.8 Å². The Hall–Kier alpha value is -2.00. The predicted octanol–water partition coefficient (Wildman–Crippen LogP) is 1.30. The number of aliphatic imine (C=N–C) groups is 1. The lowest BCUT2D eigenvalue weighted by atomic mass is 10.1. The van der Waals surface area contributed by atoms with Gasteiger partial charge in [-0.15, -0.1) is 0 Å². The van der Waals surface area contributed by atoms with Gasteiger partial charge in [-0.2, -0.15) is 0 Å². The number of benzene rings is 1. The van der Waals surface area contributed by atoms with Crippen LogP contribution in [0.3, 0.4) is 0 Å². The maximum Gasteiger partial charge on any atom is 0.209 e. The maximum atomic E-state index is 11.5. The topological polar surface area (TPSA) is 92.3 Å². The van der Waals surface area contributed by atoms with Crippen LogP contribution in [0, 0.1) is 0 Å². The summed E-state index contributed by atoms with van der Waals surface area (Å²) in [6.07, 6.45) is 1.15. The number of guanidine groups is 1. The van der Waals surface area contributed by atoms with Crippen LogP contribution in [-0.2, 0) is 10.0 Å². The molecule has 0 fully saturated rings. The first-order chi connectivity index (χ1) is 12.6. The van der Waals surface area contributed by atoms with Gasteiger partial charge >= 0.3 is 0 Å². The number of sulfonamides is 1. The minimum absolute atomic E-state index is 0.312. The third kappa shape index (κ3) is 9.48. The molecule has 9 heteroatoms. The van der Waals surface area contributed by atoms with Crippen molar-refractivity contribution < 1.29 is 17.9 Å². The highest BCUT2D eigenvalue weighted by molar-refractivity contribution is 7.88. The van der Waals surface area contributed by atoms with Crippen LogP contribution >= 0.6 is 0 Å². The van der Waals surface area contributed by atoms with Gasteiger partial charge in [-0.25, -0.2) is 13.1 Å². The number of likely N-dealkylation sites (N-methyl/N-ethyl adjacent to an activating group) is 1. The molecular formula is C18H32N4O4S. The van der Waals surface area contributed by atoms with Crippen molar-refractivity contribution in [3.05, 3.63) is 24.3 Å². The molecule has 0 unspecified atom stereocenters. The lowest BCUT2D eigenvalue weighted by Crippen LogP contribution is -2.47. The van der Waals surface area contributed by atoms with E-state index in [2.05, 4.69) is 15.0 Å². The third-order valence-corrected chi connectivity index (χ3v) is 4.46. The predicted molar refractivity (Wildman–Crippen MR) is 109 cm³/mol. The number of nitrogens with one attached hydrogen (secondary N) is 2. The summed E-state index contributed by atoms with van der Waals surface area (Å²) in [5, 5.41) is 3.21. The fraction of sp³-hybridized carbons (Fsp3) is 0.611. The first-order valence-corrected chi connectivity index (χ1v) is 10.7. The van der Waals surface area contributed by atoms with Gasteiger partial charge in [-0.05, 0) is 45.0 Å². The molecule has 0 aliphatic rings. The summed E-state index contributed by atoms with van der Waals surface area (Å²) < 4.78 is 36.4. The zero-order valence-corrected chi connectivity index (χ0v) is 17.9. The molecule has 0 aliphatic carbocycles. The van der Waals surface area contributed by atoms with Crippen LogP contribution in [0.5, 0.6) is 11.5 Å². The molecule has 0 spiro atoms. The van der Waals surface area contributed by atoms with E-state index in [4.69, 9.17) is 9.47 Å². The van der Waals surface area contributed by atoms with Crippen LogP contribution in [0.2, 0.25) is 0 Å². The van der Waals surface area contributed by atoms with Crippen molar-refractivity contribution in [3.63, 3.8) is 0 Å². The smallest absolute Gasteiger partial charge is 0.209 e. The number of hydrogen-bond donors (Lipinski definition) is 2. The van der Waals surface area contributed by atoms with E-state index in [1.165, 1.54) is 0 Å². The van der Waals surface area contributed by atoms with Crippen LogP contribution in [0.15, 0.2) is 29.3 Å². The largest absolute Gasteiger partial charge is 0.497 e. The molecule has 0 amide bonds. The SMILES string of the molecule is CCNC(=NCC(C)(C)NS(C)(=O)=O)N(C)CCOc1ccc(OC)cc1. The lowest BCUT2D eigenvalue weighted by molar-refractivity contribution is 0.280. The second kappa shape index (κ2) is 10.4. The second-order valence-electron chi connectivity index (χ2n) is 6.87. The summed E-state index contributed by atoms with van der Waals surface area (Å²) in [5.74, 6) is 2.25. The van der Waals surface area contributed by atoms with Gasteiger partial charge in [-0.1, -0.05) is 0 Å². The summed E-state index contributed by atoms with van der Waals surface area (Å²) in [5.41, 5.74) is -0.672. The van der Waals surface area contributed by atoms with Crippen molar-refractivity contribution in [1.82, 2.24) is 14.9 Å². The maximum absolute atomic E-state index is 11.5. The molecule has 0 saturated carbocycles. The highest BCUT2D eigenvalue weighted by Gasteiger charge is 2.22. The minimum Gasteiger partial charge on any atom is -0.497 e. The van der Waals surface area contributed by atoms with Crippen LogP contribution in [-0.4, -0.2) is 71.5 Å². The molecule has 0 bridgehead atoms. The summed E-state index contributed by atoms with van der Waals surface area (Å²) >= 11 is 0. The quantitative estimate of drug-likeness (QED) is 0.454. The third-order valence-electron chi connectivity index (χ3n) is 3.54. The summed E-state index contributed by atoms with van der Waals surface area (Å²) in [7, 11) is 0.242. The van der Waals surface area contributed by atoms with Crippen molar-refractivity contribution in [2.45, 2.75) is 26.3 Å². The Labute approximate surface area is 163 Å². The van der Waals surface area contributed by atoms with Crippen LogP contribution in [0.4, 0.5) is 0 Å². The van der Waals surface area contributed by atoms with Crippen molar-refractivity contribution in [1.29, 1.82) is 0 Å². The van der Waals surface area contributed by atoms with E-state index in [-0.39, 0.29) is 0 Å². The molecular weight excluding hydrogens is 368 g/mol. The van der Waals surface area contributed by atoms with Gasteiger partial charge in [0.05, 0.1) is 26.5 Å². The van der Waals surface area contributed by atoms with Gasteiger partial charge in [0.15, 0.2) is 5.96 Å². The van der Waals surface area contributed by atoms with Gasteiger partial charge in [-0.3, -0.25) is 4.99 Å². The Balaban J connectivity index is 2.61. The Morgan fingerprint density at radius 3 is 2.33 bits per heavy atom. The van der Waals surface area contributed by atoms with Gasteiger partial charge in [0, 0.05) is 19.1 Å². The Kier molecular flexibility index (Phi) is 8.84. The zero-order valence-electron chi connectivity index (χ0n) is 17.1. The number of rotatable bonds is 10. The van der Waals surface area contributed by atoms with Gasteiger partial charge < -0.3 is 19.7 Å². The molecule has 1 rings (SSSR count). The van der Waals surface area contributed by atoms with Crippen LogP contribution in [0.1, 0.15) is 20.8 Å². The Bertz CT molecular complexity index is 703. The minimum atomic E-state index is -3.29. The average molecular weight is 401 g/mol. The average Bonchev–Trinajstić information content (AvgIpc) is 2.57. The van der Waals surface area contributed by atoms with E-state index in [9.17, 15) is 8.42 Å². The monoisotopic (exact) mass is 400 g/mol. The molecule has 0 aliphatic heterocycles. The lowest BCUT2D eigenvalue weighted by Gasteiger charge is -2.26. The first-order valence-electron chi connectivity index (χ1n) is 8.81. The van der Waals surface area contributed by atoms with Gasteiger partial charge in [0.1, 0.15) is 18.1 Å². The Morgan fingerprint density at radius 1 is 1.22 bits per heavy atom. The second-order valence-corrected chi connectivity index (χ2v) is 8.62. The van der Waals surface area contributed by atoms with E-state index in [1.54, 1.807) is 21.0 Å². The molecule has 1 aromatic carbocycles. The normalized spacial score (nSPS) is 12.6. The highest BCUT2D eigenvalue weighted by atomic mass is 32.2. The number of nitrogens with zero attached hydrogens (tertiary/aromatic N) is 2. The molecule has 0 aromatic heterocycles. The van der Waals surface area contributed by atoms with E-state index in [1.807, 2.05) is 43.1 Å². The summed E-state index contributed by atoms with van der Waals surface area (Å²) in [6, 6.07) is 7.41. The van der Waals surface area contributed by atoms with Crippen LogP contribution in [0.25, 0.3) is 0 Å². The summed E-state index contributed by atoms with van der Waals surface area (Å²) in [6.45, 7) is 7.71. The molecule has 0 atom stereocenters.